The molecule has 0 bridgehead atoms. The predicted octanol–water partition coefficient (Wildman–Crippen LogP) is 3.91. The number of hydrogen-bond donors (Lipinski definition) is 1. The second kappa shape index (κ2) is 6.64. The first-order valence-corrected chi connectivity index (χ1v) is 6.81. The summed E-state index contributed by atoms with van der Waals surface area (Å²) < 4.78 is 19.0. The standard InChI is InChI=1S/C17H20FNO/c1-3-20-17(13-7-5-4-6-8-13)16(19)15-10-9-14(18)11-12(15)2/h4-11,16-17H,3,19H2,1-2H3. The Morgan fingerprint density at radius 1 is 1.15 bits per heavy atom. The molecule has 0 fully saturated rings. The minimum atomic E-state index is -0.321. The van der Waals surface area contributed by atoms with Gasteiger partial charge in [-0.05, 0) is 42.7 Å². The van der Waals surface area contributed by atoms with Crippen molar-refractivity contribution in [2.75, 3.05) is 6.61 Å². The SMILES string of the molecule is CCOC(c1ccccc1)C(N)c1ccc(F)cc1C. The summed E-state index contributed by atoms with van der Waals surface area (Å²) in [5.74, 6) is -0.244. The molecule has 20 heavy (non-hydrogen) atoms. The number of halogens is 1. The maximum Gasteiger partial charge on any atom is 0.123 e. The highest BCUT2D eigenvalue weighted by atomic mass is 19.1. The summed E-state index contributed by atoms with van der Waals surface area (Å²) in [5.41, 5.74) is 9.15. The summed E-state index contributed by atoms with van der Waals surface area (Å²) in [6, 6.07) is 14.2. The van der Waals surface area contributed by atoms with Crippen molar-refractivity contribution < 1.29 is 9.13 Å². The molecular weight excluding hydrogens is 253 g/mol. The molecule has 2 aromatic carbocycles. The van der Waals surface area contributed by atoms with Gasteiger partial charge in [-0.15, -0.1) is 0 Å². The van der Waals surface area contributed by atoms with Crippen molar-refractivity contribution in [3.63, 3.8) is 0 Å². The first-order valence-electron chi connectivity index (χ1n) is 6.81. The molecule has 3 heteroatoms. The number of hydrogen-bond acceptors (Lipinski definition) is 2. The summed E-state index contributed by atoms with van der Waals surface area (Å²) in [5, 5.41) is 0. The Bertz CT molecular complexity index is 556. The number of aryl methyl sites for hydroxylation is 1. The van der Waals surface area contributed by atoms with Crippen LogP contribution in [0.25, 0.3) is 0 Å². The molecule has 0 aliphatic heterocycles. The van der Waals surface area contributed by atoms with Crippen molar-refractivity contribution >= 4 is 0 Å². The monoisotopic (exact) mass is 273 g/mol. The number of nitrogens with two attached hydrogens (primary N) is 1. The molecule has 2 aromatic rings. The van der Waals surface area contributed by atoms with Gasteiger partial charge in [-0.2, -0.15) is 0 Å². The number of rotatable bonds is 5. The molecule has 0 aliphatic carbocycles. The van der Waals surface area contributed by atoms with E-state index in [-0.39, 0.29) is 18.0 Å². The van der Waals surface area contributed by atoms with E-state index in [1.807, 2.05) is 44.2 Å². The van der Waals surface area contributed by atoms with E-state index >= 15 is 0 Å². The molecule has 2 atom stereocenters. The van der Waals surface area contributed by atoms with Crippen LogP contribution in [0.1, 0.15) is 35.8 Å². The molecule has 2 nitrogen and oxygen atoms in total. The summed E-state index contributed by atoms with van der Waals surface area (Å²) in [6.07, 6.45) is -0.231. The fourth-order valence-electron chi connectivity index (χ4n) is 2.41. The first kappa shape index (κ1) is 14.7. The molecule has 0 saturated heterocycles. The van der Waals surface area contributed by atoms with Crippen LogP contribution in [0, 0.1) is 12.7 Å². The quantitative estimate of drug-likeness (QED) is 0.896. The number of benzene rings is 2. The molecule has 2 N–H and O–H groups in total. The van der Waals surface area contributed by atoms with E-state index in [1.165, 1.54) is 12.1 Å². The fourth-order valence-corrected chi connectivity index (χ4v) is 2.41. The van der Waals surface area contributed by atoms with Crippen LogP contribution >= 0.6 is 0 Å². The van der Waals surface area contributed by atoms with E-state index in [1.54, 1.807) is 6.07 Å². The van der Waals surface area contributed by atoms with Crippen molar-refractivity contribution in [2.45, 2.75) is 26.0 Å². The molecule has 0 aromatic heterocycles. The molecule has 2 unspecified atom stereocenters. The average molecular weight is 273 g/mol. The molecular formula is C17H20FNO. The van der Waals surface area contributed by atoms with Crippen LogP contribution < -0.4 is 5.73 Å². The van der Waals surface area contributed by atoms with Crippen LogP contribution in [0.15, 0.2) is 48.5 Å². The van der Waals surface area contributed by atoms with Gasteiger partial charge in [0, 0.05) is 6.61 Å². The van der Waals surface area contributed by atoms with Gasteiger partial charge < -0.3 is 10.5 Å². The van der Waals surface area contributed by atoms with Crippen molar-refractivity contribution in [1.82, 2.24) is 0 Å². The fraction of sp³-hybridized carbons (Fsp3) is 0.294. The van der Waals surface area contributed by atoms with E-state index in [9.17, 15) is 4.39 Å². The van der Waals surface area contributed by atoms with Gasteiger partial charge in [-0.1, -0.05) is 36.4 Å². The van der Waals surface area contributed by atoms with Crippen molar-refractivity contribution in [3.8, 4) is 0 Å². The van der Waals surface area contributed by atoms with E-state index in [2.05, 4.69) is 0 Å². The van der Waals surface area contributed by atoms with Crippen LogP contribution in [-0.2, 0) is 4.74 Å². The Kier molecular flexibility index (Phi) is 4.88. The van der Waals surface area contributed by atoms with Gasteiger partial charge in [0.2, 0.25) is 0 Å². The summed E-state index contributed by atoms with van der Waals surface area (Å²) >= 11 is 0. The normalized spacial score (nSPS) is 14.0. The van der Waals surface area contributed by atoms with Crippen LogP contribution in [0.3, 0.4) is 0 Å². The highest BCUT2D eigenvalue weighted by Gasteiger charge is 2.23. The lowest BCUT2D eigenvalue weighted by Gasteiger charge is -2.26. The van der Waals surface area contributed by atoms with Gasteiger partial charge in [0.15, 0.2) is 0 Å². The van der Waals surface area contributed by atoms with E-state index in [4.69, 9.17) is 10.5 Å². The van der Waals surface area contributed by atoms with Crippen LogP contribution in [0.5, 0.6) is 0 Å². The minimum Gasteiger partial charge on any atom is -0.372 e. The molecule has 2 rings (SSSR count). The van der Waals surface area contributed by atoms with E-state index in [0.717, 1.165) is 16.7 Å². The van der Waals surface area contributed by atoms with Crippen molar-refractivity contribution in [1.29, 1.82) is 0 Å². The van der Waals surface area contributed by atoms with Crippen molar-refractivity contribution in [2.24, 2.45) is 5.73 Å². The predicted molar refractivity (Wildman–Crippen MR) is 78.9 cm³/mol. The van der Waals surface area contributed by atoms with Crippen molar-refractivity contribution in [3.05, 3.63) is 71.0 Å². The Morgan fingerprint density at radius 3 is 2.45 bits per heavy atom. The zero-order valence-electron chi connectivity index (χ0n) is 11.8. The smallest absolute Gasteiger partial charge is 0.123 e. The Hall–Kier alpha value is -1.71. The molecule has 0 aliphatic rings. The van der Waals surface area contributed by atoms with E-state index < -0.39 is 0 Å². The van der Waals surface area contributed by atoms with Gasteiger partial charge in [-0.25, -0.2) is 4.39 Å². The molecule has 0 amide bonds. The van der Waals surface area contributed by atoms with Crippen LogP contribution in [-0.4, -0.2) is 6.61 Å². The van der Waals surface area contributed by atoms with Gasteiger partial charge in [-0.3, -0.25) is 0 Å². The maximum atomic E-state index is 13.2. The van der Waals surface area contributed by atoms with Gasteiger partial charge in [0.05, 0.1) is 6.04 Å². The highest BCUT2D eigenvalue weighted by molar-refractivity contribution is 5.32. The second-order valence-corrected chi connectivity index (χ2v) is 4.81. The van der Waals surface area contributed by atoms with Crippen LogP contribution in [0.4, 0.5) is 4.39 Å². The zero-order valence-corrected chi connectivity index (χ0v) is 11.8. The van der Waals surface area contributed by atoms with Crippen LogP contribution in [0.2, 0.25) is 0 Å². The third kappa shape index (κ3) is 3.24. The molecule has 0 radical (unpaired) electrons. The Balaban J connectivity index is 2.34. The molecule has 0 saturated carbocycles. The number of ether oxygens (including phenoxy) is 1. The Labute approximate surface area is 119 Å². The molecule has 106 valence electrons. The topological polar surface area (TPSA) is 35.2 Å². The lowest BCUT2D eigenvalue weighted by Crippen LogP contribution is -2.23. The lowest BCUT2D eigenvalue weighted by atomic mass is 9.93. The molecule has 0 spiro atoms. The Morgan fingerprint density at radius 2 is 1.85 bits per heavy atom. The zero-order chi connectivity index (χ0) is 14.5. The first-order chi connectivity index (χ1) is 9.63. The molecule has 0 heterocycles. The minimum absolute atomic E-state index is 0.231. The van der Waals surface area contributed by atoms with Gasteiger partial charge in [0.25, 0.3) is 0 Å². The van der Waals surface area contributed by atoms with Gasteiger partial charge >= 0.3 is 0 Å². The third-order valence-electron chi connectivity index (χ3n) is 3.39. The summed E-state index contributed by atoms with van der Waals surface area (Å²) in [6.45, 7) is 4.39. The highest BCUT2D eigenvalue weighted by Crippen LogP contribution is 2.31. The van der Waals surface area contributed by atoms with E-state index in [0.29, 0.717) is 6.61 Å². The summed E-state index contributed by atoms with van der Waals surface area (Å²) in [4.78, 5) is 0. The van der Waals surface area contributed by atoms with Gasteiger partial charge in [0.1, 0.15) is 11.9 Å². The summed E-state index contributed by atoms with van der Waals surface area (Å²) in [7, 11) is 0. The lowest BCUT2D eigenvalue weighted by molar-refractivity contribution is 0.0428. The largest absolute Gasteiger partial charge is 0.372 e. The average Bonchev–Trinajstić information content (AvgIpc) is 2.45. The third-order valence-corrected chi connectivity index (χ3v) is 3.39. The second-order valence-electron chi connectivity index (χ2n) is 4.81. The maximum absolute atomic E-state index is 13.2.